The van der Waals surface area contributed by atoms with Gasteiger partial charge in [-0.3, -0.25) is 9.97 Å². The summed E-state index contributed by atoms with van der Waals surface area (Å²) in [6.07, 6.45) is 8.72. The van der Waals surface area contributed by atoms with E-state index < -0.39 is 41.0 Å². The van der Waals surface area contributed by atoms with Crippen molar-refractivity contribution in [2.45, 2.75) is 31.2 Å². The molecular formula is C44H31F5N8O. The van der Waals surface area contributed by atoms with Crippen LogP contribution in [-0.4, -0.2) is 39.5 Å². The van der Waals surface area contributed by atoms with Gasteiger partial charge in [0.1, 0.15) is 41.5 Å². The Balaban J connectivity index is 0.928. The molecule has 0 aliphatic carbocycles. The molecule has 8 rings (SSSR count). The SMILES string of the molecule is OC(Cn1cncn1)(c1ccc(F)cc1F)C(F)(F)c1ccc(C#Cc2ccc(CNCc3ccc4c(-c5ccncc5)c(-c5ccc(F)cc5)nn4c3)cc2)cn1. The molecule has 5 aromatic heterocycles. The first-order chi connectivity index (χ1) is 28.1. The molecule has 0 aliphatic rings. The Morgan fingerprint density at radius 1 is 0.724 bits per heavy atom. The van der Waals surface area contributed by atoms with Crippen LogP contribution in [0.3, 0.4) is 0 Å². The minimum Gasteiger partial charge on any atom is -0.377 e. The monoisotopic (exact) mass is 782 g/mol. The third kappa shape index (κ3) is 7.68. The molecule has 0 spiro atoms. The average Bonchev–Trinajstić information content (AvgIpc) is 3.89. The number of halogens is 5. The molecule has 14 heteroatoms. The van der Waals surface area contributed by atoms with E-state index in [1.807, 2.05) is 59.2 Å². The van der Waals surface area contributed by atoms with Crippen LogP contribution in [0.4, 0.5) is 22.0 Å². The van der Waals surface area contributed by atoms with Crippen LogP contribution in [-0.2, 0) is 31.2 Å². The molecule has 0 aliphatic heterocycles. The number of nitrogens with one attached hydrogen (secondary N) is 1. The van der Waals surface area contributed by atoms with E-state index in [2.05, 4.69) is 37.2 Å². The molecule has 0 amide bonds. The summed E-state index contributed by atoms with van der Waals surface area (Å²) in [5.74, 6) is -0.919. The molecule has 288 valence electrons. The van der Waals surface area contributed by atoms with Crippen molar-refractivity contribution in [3.05, 3.63) is 192 Å². The van der Waals surface area contributed by atoms with Gasteiger partial charge in [-0.05, 0) is 95.6 Å². The molecule has 0 fully saturated rings. The largest absolute Gasteiger partial charge is 0.377 e. The second-order valence-corrected chi connectivity index (χ2v) is 13.5. The van der Waals surface area contributed by atoms with Crippen molar-refractivity contribution in [2.75, 3.05) is 0 Å². The maximum absolute atomic E-state index is 16.1. The van der Waals surface area contributed by atoms with Gasteiger partial charge in [0, 0.05) is 71.8 Å². The van der Waals surface area contributed by atoms with Crippen LogP contribution in [0.5, 0.6) is 0 Å². The molecule has 1 atom stereocenters. The van der Waals surface area contributed by atoms with Gasteiger partial charge in [0.05, 0.1) is 12.1 Å². The van der Waals surface area contributed by atoms with Gasteiger partial charge < -0.3 is 10.4 Å². The highest BCUT2D eigenvalue weighted by Gasteiger charge is 2.57. The predicted octanol–water partition coefficient (Wildman–Crippen LogP) is 7.84. The molecular weight excluding hydrogens is 752 g/mol. The first-order valence-corrected chi connectivity index (χ1v) is 17.9. The smallest absolute Gasteiger partial charge is 0.323 e. The number of fused-ring (bicyclic) bond motifs is 1. The minimum absolute atomic E-state index is 0.319. The van der Waals surface area contributed by atoms with Gasteiger partial charge >= 0.3 is 5.92 Å². The lowest BCUT2D eigenvalue weighted by atomic mass is 9.84. The average molecular weight is 783 g/mol. The minimum atomic E-state index is -4.15. The zero-order chi connectivity index (χ0) is 40.3. The Labute approximate surface area is 328 Å². The van der Waals surface area contributed by atoms with Crippen LogP contribution in [0.1, 0.15) is 33.5 Å². The highest BCUT2D eigenvalue weighted by atomic mass is 19.3. The third-order valence-corrected chi connectivity index (χ3v) is 9.58. The van der Waals surface area contributed by atoms with Crippen LogP contribution in [0, 0.1) is 29.3 Å². The van der Waals surface area contributed by atoms with Gasteiger partial charge in [-0.25, -0.2) is 27.4 Å². The number of pyridine rings is 3. The van der Waals surface area contributed by atoms with Gasteiger partial charge in [0.15, 0.2) is 5.60 Å². The summed E-state index contributed by atoms with van der Waals surface area (Å²) >= 11 is 0. The van der Waals surface area contributed by atoms with Gasteiger partial charge in [-0.15, -0.1) is 0 Å². The van der Waals surface area contributed by atoms with E-state index in [4.69, 9.17) is 5.10 Å². The first kappa shape index (κ1) is 37.8. The maximum atomic E-state index is 16.1. The second kappa shape index (κ2) is 15.8. The molecule has 8 aromatic rings. The van der Waals surface area contributed by atoms with Crippen LogP contribution in [0.15, 0.2) is 141 Å². The lowest BCUT2D eigenvalue weighted by Crippen LogP contribution is -2.48. The lowest BCUT2D eigenvalue weighted by molar-refractivity contribution is -0.207. The standard InChI is InChI=1S/C44H31F5N8O/c45-35-11-9-34(10-12-35)42-41(33-17-19-50-20-18-33)39-15-7-32(25-57(39)55-42)23-51-22-30-4-1-29(2-5-30)3-6-31-8-16-40(53-24-31)44(48,49)43(58,26-56-28-52-27-54-56)37-14-13-36(46)21-38(37)47/h1-2,4-5,7-21,24-25,27-28,51,58H,22-23,26H2. The van der Waals surface area contributed by atoms with Crippen molar-refractivity contribution in [1.82, 2.24) is 39.7 Å². The summed E-state index contributed by atoms with van der Waals surface area (Å²) < 4.78 is 77.1. The Hall–Kier alpha value is -7.08. The number of hydrogen-bond donors (Lipinski definition) is 2. The van der Waals surface area contributed by atoms with Gasteiger partial charge in [-0.1, -0.05) is 30.0 Å². The third-order valence-electron chi connectivity index (χ3n) is 9.58. The van der Waals surface area contributed by atoms with Crippen LogP contribution in [0.2, 0.25) is 0 Å². The van der Waals surface area contributed by atoms with E-state index in [0.717, 1.165) is 80.8 Å². The number of aliphatic hydroxyl groups is 1. The van der Waals surface area contributed by atoms with Crippen LogP contribution in [0.25, 0.3) is 27.9 Å². The fraction of sp³-hybridized carbons (Fsp3) is 0.114. The maximum Gasteiger partial charge on any atom is 0.323 e. The number of nitrogens with zero attached hydrogens (tertiary/aromatic N) is 7. The molecule has 0 radical (unpaired) electrons. The summed E-state index contributed by atoms with van der Waals surface area (Å²) in [6.45, 7) is 0.235. The molecule has 0 saturated heterocycles. The van der Waals surface area contributed by atoms with E-state index in [1.165, 1.54) is 18.2 Å². The van der Waals surface area contributed by atoms with Crippen LogP contribution >= 0.6 is 0 Å². The zero-order valence-electron chi connectivity index (χ0n) is 30.4. The molecule has 58 heavy (non-hydrogen) atoms. The van der Waals surface area contributed by atoms with Crippen molar-refractivity contribution in [2.24, 2.45) is 0 Å². The Bertz CT molecular complexity index is 2750. The van der Waals surface area contributed by atoms with Crippen LogP contribution < -0.4 is 5.32 Å². The highest BCUT2D eigenvalue weighted by Crippen LogP contribution is 2.46. The number of rotatable bonds is 11. The Kier molecular flexibility index (Phi) is 10.3. The summed E-state index contributed by atoms with van der Waals surface area (Å²) in [5, 5.41) is 23.5. The molecule has 2 N–H and O–H groups in total. The Morgan fingerprint density at radius 3 is 2.14 bits per heavy atom. The summed E-state index contributed by atoms with van der Waals surface area (Å²) in [4.78, 5) is 11.7. The van der Waals surface area contributed by atoms with E-state index in [9.17, 15) is 18.3 Å². The highest BCUT2D eigenvalue weighted by molar-refractivity contribution is 5.92. The molecule has 3 aromatic carbocycles. The lowest BCUT2D eigenvalue weighted by Gasteiger charge is -2.35. The van der Waals surface area contributed by atoms with E-state index in [0.29, 0.717) is 30.3 Å². The molecule has 9 nitrogen and oxygen atoms in total. The number of aromatic nitrogens is 7. The van der Waals surface area contributed by atoms with Crippen molar-refractivity contribution >= 4 is 5.52 Å². The quantitative estimate of drug-likeness (QED) is 0.102. The number of benzene rings is 3. The fourth-order valence-electron chi connectivity index (χ4n) is 6.60. The van der Waals surface area contributed by atoms with Crippen molar-refractivity contribution in [1.29, 1.82) is 0 Å². The van der Waals surface area contributed by atoms with Crippen molar-refractivity contribution < 1.29 is 27.1 Å². The van der Waals surface area contributed by atoms with E-state index >= 15 is 8.78 Å². The van der Waals surface area contributed by atoms with Gasteiger partial charge in [0.25, 0.3) is 0 Å². The molecule has 1 unspecified atom stereocenters. The molecule has 0 saturated carbocycles. The van der Waals surface area contributed by atoms with E-state index in [-0.39, 0.29) is 5.82 Å². The van der Waals surface area contributed by atoms with Gasteiger partial charge in [-0.2, -0.15) is 19.0 Å². The second-order valence-electron chi connectivity index (χ2n) is 13.5. The molecule has 5 heterocycles. The fourth-order valence-corrected chi connectivity index (χ4v) is 6.60. The normalized spacial score (nSPS) is 12.6. The topological polar surface area (TPSA) is 106 Å². The molecule has 0 bridgehead atoms. The van der Waals surface area contributed by atoms with Crippen molar-refractivity contribution in [3.8, 4) is 34.2 Å². The number of hydrogen-bond acceptors (Lipinski definition) is 7. The Morgan fingerprint density at radius 2 is 1.43 bits per heavy atom. The predicted molar refractivity (Wildman–Crippen MR) is 205 cm³/mol. The zero-order valence-corrected chi connectivity index (χ0v) is 30.4. The summed E-state index contributed by atoms with van der Waals surface area (Å²) in [7, 11) is 0. The van der Waals surface area contributed by atoms with Gasteiger partial charge in [0.2, 0.25) is 0 Å². The van der Waals surface area contributed by atoms with E-state index in [1.54, 1.807) is 24.5 Å². The number of alkyl halides is 2. The summed E-state index contributed by atoms with van der Waals surface area (Å²) in [6, 6.07) is 26.0. The first-order valence-electron chi connectivity index (χ1n) is 17.9. The van der Waals surface area contributed by atoms with Crippen molar-refractivity contribution in [3.63, 3.8) is 0 Å². The summed E-state index contributed by atoms with van der Waals surface area (Å²) in [5.41, 5.74) is 2.44.